The smallest absolute Gasteiger partial charge is 0.0622 e. The summed E-state index contributed by atoms with van der Waals surface area (Å²) in [7, 11) is 0. The number of aliphatic hydroxyl groups is 1. The first-order valence-corrected chi connectivity index (χ1v) is 11.8. The Hall–Kier alpha value is -0.340. The van der Waals surface area contributed by atoms with Gasteiger partial charge in [-0.25, -0.2) is 0 Å². The van der Waals surface area contributed by atoms with Gasteiger partial charge in [0, 0.05) is 6.61 Å². The van der Waals surface area contributed by atoms with Gasteiger partial charge in [-0.05, 0) is 113 Å². The minimum absolute atomic E-state index is 0.334. The highest BCUT2D eigenvalue weighted by Gasteiger charge is 2.61. The summed E-state index contributed by atoms with van der Waals surface area (Å²) >= 11 is 0. The molecule has 0 aromatic carbocycles. The van der Waals surface area contributed by atoms with Gasteiger partial charge in [-0.15, -0.1) is 0 Å². The minimum atomic E-state index is -0.458. The fourth-order valence-corrected chi connectivity index (χ4v) is 8.24. The third-order valence-corrected chi connectivity index (χ3v) is 9.57. The molecular weight excluding hydrogens is 332 g/mol. The molecule has 2 heteroatoms. The fourth-order valence-electron chi connectivity index (χ4n) is 8.24. The van der Waals surface area contributed by atoms with Crippen molar-refractivity contribution in [3.63, 3.8) is 0 Å². The largest absolute Gasteiger partial charge is 0.390 e. The van der Waals surface area contributed by atoms with Crippen molar-refractivity contribution in [1.82, 2.24) is 0 Å². The van der Waals surface area contributed by atoms with Gasteiger partial charge >= 0.3 is 0 Å². The molecule has 0 heterocycles. The maximum Gasteiger partial charge on any atom is 0.0622 e. The molecule has 4 fully saturated rings. The SMILES string of the molecule is C/C=C1/CCC2C3CCC4CC(C)(O)CCC4(COCCC)C3CCC12C. The van der Waals surface area contributed by atoms with Crippen LogP contribution in [0.2, 0.25) is 0 Å². The van der Waals surface area contributed by atoms with Crippen LogP contribution in [0.5, 0.6) is 0 Å². The molecule has 154 valence electrons. The van der Waals surface area contributed by atoms with Crippen molar-refractivity contribution in [2.45, 2.75) is 97.5 Å². The molecule has 7 unspecified atom stereocenters. The van der Waals surface area contributed by atoms with Crippen molar-refractivity contribution in [3.05, 3.63) is 11.6 Å². The van der Waals surface area contributed by atoms with Gasteiger partial charge in [0.1, 0.15) is 0 Å². The highest BCUT2D eigenvalue weighted by Crippen LogP contribution is 2.68. The van der Waals surface area contributed by atoms with Crippen molar-refractivity contribution < 1.29 is 9.84 Å². The predicted molar refractivity (Wildman–Crippen MR) is 112 cm³/mol. The molecule has 27 heavy (non-hydrogen) atoms. The Bertz CT molecular complexity index is 579. The molecule has 0 aromatic rings. The lowest BCUT2D eigenvalue weighted by atomic mass is 9.44. The van der Waals surface area contributed by atoms with Crippen molar-refractivity contribution in [1.29, 1.82) is 0 Å². The summed E-state index contributed by atoms with van der Waals surface area (Å²) in [6.07, 6.45) is 14.9. The fraction of sp³-hybridized carbons (Fsp3) is 0.920. The molecule has 4 aliphatic carbocycles. The second-order valence-electron chi connectivity index (χ2n) is 10.9. The Morgan fingerprint density at radius 1 is 1.07 bits per heavy atom. The van der Waals surface area contributed by atoms with E-state index in [1.165, 1.54) is 44.9 Å². The summed E-state index contributed by atoms with van der Waals surface area (Å²) in [5.74, 6) is 3.24. The molecule has 0 bridgehead atoms. The summed E-state index contributed by atoms with van der Waals surface area (Å²) in [5.41, 5.74) is 2.09. The molecular formula is C25H42O2. The number of fused-ring (bicyclic) bond motifs is 5. The van der Waals surface area contributed by atoms with Gasteiger partial charge in [0.2, 0.25) is 0 Å². The Kier molecular flexibility index (Phi) is 5.30. The molecule has 4 saturated carbocycles. The van der Waals surface area contributed by atoms with Crippen molar-refractivity contribution in [3.8, 4) is 0 Å². The summed E-state index contributed by atoms with van der Waals surface area (Å²) in [6.45, 7) is 11.0. The quantitative estimate of drug-likeness (QED) is 0.473. The second-order valence-corrected chi connectivity index (χ2v) is 10.9. The first-order chi connectivity index (χ1) is 12.9. The monoisotopic (exact) mass is 374 g/mol. The zero-order chi connectivity index (χ0) is 19.3. The van der Waals surface area contributed by atoms with Gasteiger partial charge in [0.05, 0.1) is 12.2 Å². The molecule has 4 aliphatic rings. The van der Waals surface area contributed by atoms with Gasteiger partial charge in [0.25, 0.3) is 0 Å². The Morgan fingerprint density at radius 3 is 2.63 bits per heavy atom. The van der Waals surface area contributed by atoms with Gasteiger partial charge in [-0.2, -0.15) is 0 Å². The molecule has 1 N–H and O–H groups in total. The molecule has 0 aliphatic heterocycles. The number of allylic oxidation sites excluding steroid dienone is 2. The third kappa shape index (κ3) is 3.14. The number of ether oxygens (including phenoxy) is 1. The molecule has 2 nitrogen and oxygen atoms in total. The van der Waals surface area contributed by atoms with Gasteiger partial charge < -0.3 is 9.84 Å². The summed E-state index contributed by atoms with van der Waals surface area (Å²) < 4.78 is 6.29. The van der Waals surface area contributed by atoms with Crippen LogP contribution in [-0.2, 0) is 4.74 Å². The van der Waals surface area contributed by atoms with E-state index in [0.29, 0.717) is 16.7 Å². The van der Waals surface area contributed by atoms with E-state index >= 15 is 0 Å². The van der Waals surface area contributed by atoms with Crippen LogP contribution in [0.15, 0.2) is 11.6 Å². The molecule has 7 atom stereocenters. The van der Waals surface area contributed by atoms with Gasteiger partial charge in [-0.3, -0.25) is 0 Å². The van der Waals surface area contributed by atoms with E-state index in [2.05, 4.69) is 33.8 Å². The van der Waals surface area contributed by atoms with Crippen LogP contribution in [0, 0.1) is 34.5 Å². The Labute approximate surface area is 167 Å². The number of rotatable bonds is 4. The average molecular weight is 375 g/mol. The van der Waals surface area contributed by atoms with E-state index in [-0.39, 0.29) is 0 Å². The first kappa shape index (κ1) is 20.0. The first-order valence-electron chi connectivity index (χ1n) is 11.8. The van der Waals surface area contributed by atoms with E-state index < -0.39 is 5.60 Å². The molecule has 0 saturated heterocycles. The van der Waals surface area contributed by atoms with Crippen LogP contribution in [-0.4, -0.2) is 23.9 Å². The van der Waals surface area contributed by atoms with Gasteiger partial charge in [0.15, 0.2) is 0 Å². The molecule has 0 radical (unpaired) electrons. The van der Waals surface area contributed by atoms with E-state index in [1.807, 2.05) is 0 Å². The second kappa shape index (κ2) is 7.17. The highest BCUT2D eigenvalue weighted by atomic mass is 16.5. The summed E-state index contributed by atoms with van der Waals surface area (Å²) in [5, 5.41) is 10.8. The zero-order valence-corrected chi connectivity index (χ0v) is 18.2. The topological polar surface area (TPSA) is 29.5 Å². The lowest BCUT2D eigenvalue weighted by molar-refractivity contribution is -0.173. The van der Waals surface area contributed by atoms with E-state index in [1.54, 1.807) is 5.57 Å². The molecule has 0 spiro atoms. The predicted octanol–water partition coefficient (Wildman–Crippen LogP) is 6.13. The molecule has 0 amide bonds. The Morgan fingerprint density at radius 2 is 1.89 bits per heavy atom. The van der Waals surface area contributed by atoms with Crippen molar-refractivity contribution in [2.75, 3.05) is 13.2 Å². The minimum Gasteiger partial charge on any atom is -0.390 e. The lowest BCUT2D eigenvalue weighted by Crippen LogP contribution is -2.58. The number of hydrogen-bond donors (Lipinski definition) is 1. The average Bonchev–Trinajstić information content (AvgIpc) is 2.98. The molecule has 0 aromatic heterocycles. The standard InChI is InChI=1S/C25H42O2/c1-5-15-27-17-25-14-13-23(3,26)16-19(25)7-9-20-21-10-8-18(6-2)24(21,4)12-11-22(20)25/h6,19-22,26H,5,7-17H2,1-4H3/b18-6-. The van der Waals surface area contributed by atoms with Crippen LogP contribution in [0.3, 0.4) is 0 Å². The maximum atomic E-state index is 10.8. The summed E-state index contributed by atoms with van der Waals surface area (Å²) in [6, 6.07) is 0. The van der Waals surface area contributed by atoms with Crippen LogP contribution in [0.25, 0.3) is 0 Å². The van der Waals surface area contributed by atoms with E-state index in [4.69, 9.17) is 4.74 Å². The molecule has 4 rings (SSSR count). The normalized spacial score (nSPS) is 50.9. The van der Waals surface area contributed by atoms with Crippen molar-refractivity contribution >= 4 is 0 Å². The van der Waals surface area contributed by atoms with Crippen LogP contribution in [0.1, 0.15) is 91.9 Å². The van der Waals surface area contributed by atoms with Crippen LogP contribution < -0.4 is 0 Å². The number of hydrogen-bond acceptors (Lipinski definition) is 2. The van der Waals surface area contributed by atoms with Crippen molar-refractivity contribution in [2.24, 2.45) is 34.5 Å². The highest BCUT2D eigenvalue weighted by molar-refractivity contribution is 5.24. The van der Waals surface area contributed by atoms with E-state index in [0.717, 1.165) is 50.2 Å². The van der Waals surface area contributed by atoms with E-state index in [9.17, 15) is 5.11 Å². The Balaban J connectivity index is 1.63. The lowest BCUT2D eigenvalue weighted by Gasteiger charge is -2.62. The zero-order valence-electron chi connectivity index (χ0n) is 18.2. The maximum absolute atomic E-state index is 10.8. The third-order valence-electron chi connectivity index (χ3n) is 9.57. The van der Waals surface area contributed by atoms with Crippen LogP contribution in [0.4, 0.5) is 0 Å². The van der Waals surface area contributed by atoms with Gasteiger partial charge in [-0.1, -0.05) is 25.5 Å². The summed E-state index contributed by atoms with van der Waals surface area (Å²) in [4.78, 5) is 0. The van der Waals surface area contributed by atoms with Crippen LogP contribution >= 0.6 is 0 Å².